The molecular weight excluding hydrogens is 348 g/mol. The van der Waals surface area contributed by atoms with Crippen LogP contribution in [-0.4, -0.2) is 34.8 Å². The molecule has 1 aromatic heterocycles. The second kappa shape index (κ2) is 7.31. The highest BCUT2D eigenvalue weighted by atomic mass is 35.5. The maximum atomic E-state index is 12.9. The number of nitrogens with one attached hydrogen (secondary N) is 1. The van der Waals surface area contributed by atoms with Crippen molar-refractivity contribution >= 4 is 23.2 Å². The Morgan fingerprint density at radius 3 is 2.92 bits per heavy atom. The van der Waals surface area contributed by atoms with E-state index in [2.05, 4.69) is 28.3 Å². The molecular formula is C20H25ClN4O. The number of benzene rings is 1. The summed E-state index contributed by atoms with van der Waals surface area (Å²) in [5.41, 5.74) is 3.01. The Labute approximate surface area is 159 Å². The first kappa shape index (κ1) is 17.4. The van der Waals surface area contributed by atoms with Gasteiger partial charge in [0.1, 0.15) is 0 Å². The van der Waals surface area contributed by atoms with E-state index in [-0.39, 0.29) is 11.9 Å². The minimum absolute atomic E-state index is 0.0206. The van der Waals surface area contributed by atoms with Crippen molar-refractivity contribution in [3.63, 3.8) is 0 Å². The zero-order valence-electron chi connectivity index (χ0n) is 15.1. The van der Waals surface area contributed by atoms with Gasteiger partial charge in [0.05, 0.1) is 17.5 Å². The van der Waals surface area contributed by atoms with Gasteiger partial charge in [-0.1, -0.05) is 24.6 Å². The van der Waals surface area contributed by atoms with Crippen molar-refractivity contribution in [1.29, 1.82) is 0 Å². The van der Waals surface area contributed by atoms with Gasteiger partial charge in [0.2, 0.25) is 0 Å². The van der Waals surface area contributed by atoms with E-state index in [0.29, 0.717) is 5.92 Å². The van der Waals surface area contributed by atoms with Crippen molar-refractivity contribution in [3.05, 3.63) is 46.7 Å². The Morgan fingerprint density at radius 2 is 2.19 bits per heavy atom. The van der Waals surface area contributed by atoms with E-state index < -0.39 is 0 Å². The van der Waals surface area contributed by atoms with Gasteiger partial charge in [-0.05, 0) is 43.9 Å². The number of hydrogen-bond acceptors (Lipinski definition) is 3. The highest BCUT2D eigenvalue weighted by Crippen LogP contribution is 2.41. The van der Waals surface area contributed by atoms with E-state index in [1.54, 1.807) is 6.20 Å². The number of hydrogen-bond donors (Lipinski definition) is 1. The summed E-state index contributed by atoms with van der Waals surface area (Å²) in [4.78, 5) is 15.1. The third kappa shape index (κ3) is 3.58. The lowest BCUT2D eigenvalue weighted by molar-refractivity contribution is 0.0939. The molecule has 1 aliphatic heterocycles. The van der Waals surface area contributed by atoms with Gasteiger partial charge in [0, 0.05) is 42.3 Å². The molecule has 138 valence electrons. The maximum Gasteiger partial charge on any atom is 0.255 e. The topological polar surface area (TPSA) is 50.2 Å². The van der Waals surface area contributed by atoms with E-state index in [4.69, 9.17) is 11.6 Å². The SMILES string of the molecule is CCCn1ncc(C(=O)NC2CCN(c3cccc(Cl)c3)C2)c1C1CC1. The fourth-order valence-electron chi connectivity index (χ4n) is 3.80. The molecule has 26 heavy (non-hydrogen) atoms. The Hall–Kier alpha value is -2.01. The second-order valence-corrected chi connectivity index (χ2v) is 7.76. The van der Waals surface area contributed by atoms with Crippen LogP contribution in [0, 0.1) is 0 Å². The molecule has 2 aromatic rings. The molecule has 5 nitrogen and oxygen atoms in total. The summed E-state index contributed by atoms with van der Waals surface area (Å²) in [5.74, 6) is 0.531. The fraction of sp³-hybridized carbons (Fsp3) is 0.500. The fourth-order valence-corrected chi connectivity index (χ4v) is 3.98. The van der Waals surface area contributed by atoms with Crippen molar-refractivity contribution in [2.75, 3.05) is 18.0 Å². The molecule has 1 unspecified atom stereocenters. The molecule has 1 N–H and O–H groups in total. The van der Waals surface area contributed by atoms with Crippen LogP contribution in [-0.2, 0) is 6.54 Å². The zero-order valence-corrected chi connectivity index (χ0v) is 15.9. The summed E-state index contributed by atoms with van der Waals surface area (Å²) >= 11 is 6.10. The normalized spacial score (nSPS) is 19.8. The first-order valence-corrected chi connectivity index (χ1v) is 9.90. The second-order valence-electron chi connectivity index (χ2n) is 7.33. The smallest absolute Gasteiger partial charge is 0.255 e. The van der Waals surface area contributed by atoms with Gasteiger partial charge in [0.15, 0.2) is 0 Å². The van der Waals surface area contributed by atoms with Crippen LogP contribution in [0.15, 0.2) is 30.5 Å². The Balaban J connectivity index is 1.43. The van der Waals surface area contributed by atoms with Crippen LogP contribution >= 0.6 is 11.6 Å². The molecule has 0 bridgehead atoms. The molecule has 2 fully saturated rings. The Kier molecular flexibility index (Phi) is 4.90. The molecule has 1 aromatic carbocycles. The molecule has 4 rings (SSSR count). The molecule has 1 saturated carbocycles. The third-order valence-corrected chi connectivity index (χ3v) is 5.46. The lowest BCUT2D eigenvalue weighted by Gasteiger charge is -2.19. The number of aryl methyl sites for hydroxylation is 1. The van der Waals surface area contributed by atoms with Gasteiger partial charge in [-0.2, -0.15) is 5.10 Å². The summed E-state index contributed by atoms with van der Waals surface area (Å²) in [6, 6.07) is 8.05. The van der Waals surface area contributed by atoms with Gasteiger partial charge in [-0.25, -0.2) is 0 Å². The molecule has 1 amide bonds. The lowest BCUT2D eigenvalue weighted by Crippen LogP contribution is -2.37. The van der Waals surface area contributed by atoms with Crippen molar-refractivity contribution < 1.29 is 4.79 Å². The molecule has 1 saturated heterocycles. The number of anilines is 1. The average molecular weight is 373 g/mol. The van der Waals surface area contributed by atoms with E-state index in [1.165, 1.54) is 12.8 Å². The summed E-state index contributed by atoms with van der Waals surface area (Å²) < 4.78 is 2.03. The molecule has 2 aliphatic rings. The predicted octanol–water partition coefficient (Wildman–Crippen LogP) is 3.83. The summed E-state index contributed by atoms with van der Waals surface area (Å²) in [6.45, 7) is 4.76. The number of carbonyl (C=O) groups excluding carboxylic acids is 1. The van der Waals surface area contributed by atoms with Gasteiger partial charge in [-0.15, -0.1) is 0 Å². The largest absolute Gasteiger partial charge is 0.369 e. The van der Waals surface area contributed by atoms with Crippen molar-refractivity contribution in [3.8, 4) is 0 Å². The Morgan fingerprint density at radius 1 is 1.35 bits per heavy atom. The molecule has 6 heteroatoms. The van der Waals surface area contributed by atoms with Gasteiger partial charge < -0.3 is 10.2 Å². The van der Waals surface area contributed by atoms with Gasteiger partial charge in [-0.3, -0.25) is 9.48 Å². The molecule has 0 spiro atoms. The highest BCUT2D eigenvalue weighted by Gasteiger charge is 2.33. The Bertz CT molecular complexity index is 799. The zero-order chi connectivity index (χ0) is 18.1. The average Bonchev–Trinajstić information content (AvgIpc) is 3.20. The first-order chi connectivity index (χ1) is 12.7. The molecule has 1 atom stereocenters. The first-order valence-electron chi connectivity index (χ1n) is 9.52. The van der Waals surface area contributed by atoms with Crippen LogP contribution in [0.4, 0.5) is 5.69 Å². The van der Waals surface area contributed by atoms with Crippen LogP contribution in [0.5, 0.6) is 0 Å². The number of amides is 1. The van der Waals surface area contributed by atoms with Gasteiger partial charge in [0.25, 0.3) is 5.91 Å². The van der Waals surface area contributed by atoms with E-state index in [0.717, 1.165) is 54.4 Å². The van der Waals surface area contributed by atoms with Crippen molar-refractivity contribution in [2.45, 2.75) is 51.1 Å². The summed E-state index contributed by atoms with van der Waals surface area (Å²) in [7, 11) is 0. The minimum Gasteiger partial charge on any atom is -0.369 e. The monoisotopic (exact) mass is 372 g/mol. The van der Waals surface area contributed by atoms with E-state index in [1.807, 2.05) is 22.9 Å². The van der Waals surface area contributed by atoms with Crippen LogP contribution in [0.3, 0.4) is 0 Å². The van der Waals surface area contributed by atoms with Crippen LogP contribution in [0.2, 0.25) is 5.02 Å². The third-order valence-electron chi connectivity index (χ3n) is 5.22. The standard InChI is InChI=1S/C20H25ClN4O/c1-2-9-25-19(14-6-7-14)18(12-22-25)20(26)23-16-8-10-24(13-16)17-5-3-4-15(21)11-17/h3-5,11-12,14,16H,2,6-10,13H2,1H3,(H,23,26). The van der Waals surface area contributed by atoms with Crippen molar-refractivity contribution in [2.24, 2.45) is 0 Å². The highest BCUT2D eigenvalue weighted by molar-refractivity contribution is 6.30. The summed E-state index contributed by atoms with van der Waals surface area (Å²) in [6.07, 6.45) is 6.06. The van der Waals surface area contributed by atoms with Crippen LogP contribution in [0.25, 0.3) is 0 Å². The van der Waals surface area contributed by atoms with Crippen molar-refractivity contribution in [1.82, 2.24) is 15.1 Å². The number of nitrogens with zero attached hydrogens (tertiary/aromatic N) is 3. The lowest BCUT2D eigenvalue weighted by atomic mass is 10.1. The quantitative estimate of drug-likeness (QED) is 0.838. The summed E-state index contributed by atoms with van der Waals surface area (Å²) in [5, 5.41) is 8.43. The molecule has 1 aliphatic carbocycles. The van der Waals surface area contributed by atoms with E-state index in [9.17, 15) is 4.79 Å². The maximum absolute atomic E-state index is 12.9. The number of carbonyl (C=O) groups is 1. The van der Waals surface area contributed by atoms with Gasteiger partial charge >= 0.3 is 0 Å². The number of rotatable bonds is 6. The predicted molar refractivity (Wildman–Crippen MR) is 104 cm³/mol. The minimum atomic E-state index is 0.0206. The van der Waals surface area contributed by atoms with Crippen LogP contribution in [0.1, 0.15) is 54.6 Å². The van der Waals surface area contributed by atoms with Crippen LogP contribution < -0.4 is 10.2 Å². The number of aromatic nitrogens is 2. The van der Waals surface area contributed by atoms with E-state index >= 15 is 0 Å². The number of halogens is 1. The molecule has 0 radical (unpaired) electrons. The molecule has 2 heterocycles.